The molecular weight excluding hydrogens is 222 g/mol. The summed E-state index contributed by atoms with van der Waals surface area (Å²) in [7, 11) is 0. The SMILES string of the molecule is CC1CN(CCCCC(N)=NO)CC(C)S1. The number of thioether (sulfide) groups is 1. The molecular formula is C11H23N3OS. The van der Waals surface area contributed by atoms with Gasteiger partial charge in [0, 0.05) is 30.0 Å². The molecule has 1 fully saturated rings. The second-order valence-corrected chi connectivity index (χ2v) is 6.45. The van der Waals surface area contributed by atoms with E-state index in [-0.39, 0.29) is 0 Å². The van der Waals surface area contributed by atoms with Crippen molar-refractivity contribution in [2.75, 3.05) is 19.6 Å². The third kappa shape index (κ3) is 5.07. The monoisotopic (exact) mass is 245 g/mol. The standard InChI is InChI=1S/C11H23N3OS/c1-9-7-14(8-10(2)16-9)6-4-3-5-11(12)13-15/h9-10,15H,3-8H2,1-2H3,(H2,12,13). The Bertz CT molecular complexity index is 225. The maximum absolute atomic E-state index is 8.40. The summed E-state index contributed by atoms with van der Waals surface area (Å²) in [5.74, 6) is 0.343. The number of unbranched alkanes of at least 4 members (excludes halogenated alkanes) is 1. The highest BCUT2D eigenvalue weighted by molar-refractivity contribution is 8.00. The van der Waals surface area contributed by atoms with Gasteiger partial charge < -0.3 is 15.8 Å². The third-order valence-corrected chi connectivity index (χ3v) is 4.01. The van der Waals surface area contributed by atoms with Gasteiger partial charge in [0.15, 0.2) is 0 Å². The number of rotatable bonds is 5. The second kappa shape index (κ2) is 7.01. The molecule has 0 amide bonds. The Morgan fingerprint density at radius 3 is 2.56 bits per heavy atom. The average molecular weight is 245 g/mol. The molecule has 1 aliphatic rings. The molecule has 2 unspecified atom stereocenters. The largest absolute Gasteiger partial charge is 0.409 e. The number of amidine groups is 1. The van der Waals surface area contributed by atoms with Crippen molar-refractivity contribution < 1.29 is 5.21 Å². The number of nitrogens with two attached hydrogens (primary N) is 1. The third-order valence-electron chi connectivity index (χ3n) is 2.78. The minimum absolute atomic E-state index is 0.343. The van der Waals surface area contributed by atoms with Crippen molar-refractivity contribution in [3.05, 3.63) is 0 Å². The zero-order valence-corrected chi connectivity index (χ0v) is 11.0. The second-order valence-electron chi connectivity index (χ2n) is 4.57. The van der Waals surface area contributed by atoms with Gasteiger partial charge in [-0.15, -0.1) is 0 Å². The van der Waals surface area contributed by atoms with Crippen LogP contribution in [0.1, 0.15) is 33.1 Å². The smallest absolute Gasteiger partial charge is 0.139 e. The van der Waals surface area contributed by atoms with Crippen LogP contribution in [0.2, 0.25) is 0 Å². The summed E-state index contributed by atoms with van der Waals surface area (Å²) < 4.78 is 0. The lowest BCUT2D eigenvalue weighted by atomic mass is 10.2. The minimum atomic E-state index is 0.343. The van der Waals surface area contributed by atoms with Gasteiger partial charge in [0.05, 0.1) is 0 Å². The van der Waals surface area contributed by atoms with Gasteiger partial charge in [-0.25, -0.2) is 0 Å². The van der Waals surface area contributed by atoms with Gasteiger partial charge in [0.1, 0.15) is 5.84 Å². The summed E-state index contributed by atoms with van der Waals surface area (Å²) in [4.78, 5) is 2.53. The highest BCUT2D eigenvalue weighted by Gasteiger charge is 2.21. The van der Waals surface area contributed by atoms with Crippen LogP contribution in [0, 0.1) is 0 Å². The Labute approximate surface area is 102 Å². The van der Waals surface area contributed by atoms with Crippen molar-refractivity contribution in [1.82, 2.24) is 4.90 Å². The first-order valence-corrected chi connectivity index (χ1v) is 6.90. The molecule has 0 aliphatic carbocycles. The van der Waals surface area contributed by atoms with Crippen molar-refractivity contribution in [2.24, 2.45) is 10.9 Å². The number of oxime groups is 1. The summed E-state index contributed by atoms with van der Waals surface area (Å²) in [6.45, 7) is 8.11. The fourth-order valence-corrected chi connectivity index (χ4v) is 3.55. The van der Waals surface area contributed by atoms with E-state index in [4.69, 9.17) is 10.9 Å². The molecule has 0 saturated carbocycles. The summed E-state index contributed by atoms with van der Waals surface area (Å²) in [5.41, 5.74) is 5.42. The molecule has 0 bridgehead atoms. The molecule has 5 heteroatoms. The van der Waals surface area contributed by atoms with Gasteiger partial charge in [-0.3, -0.25) is 0 Å². The molecule has 0 radical (unpaired) electrons. The predicted molar refractivity (Wildman–Crippen MR) is 70.2 cm³/mol. The molecule has 1 aliphatic heterocycles. The first kappa shape index (κ1) is 13.6. The molecule has 1 saturated heterocycles. The van der Waals surface area contributed by atoms with E-state index in [0.717, 1.165) is 29.9 Å². The van der Waals surface area contributed by atoms with Crippen molar-refractivity contribution in [3.8, 4) is 0 Å². The highest BCUT2D eigenvalue weighted by Crippen LogP contribution is 2.24. The van der Waals surface area contributed by atoms with Gasteiger partial charge in [-0.1, -0.05) is 19.0 Å². The van der Waals surface area contributed by atoms with Crippen LogP contribution in [0.15, 0.2) is 5.16 Å². The van der Waals surface area contributed by atoms with Crippen molar-refractivity contribution in [3.63, 3.8) is 0 Å². The maximum atomic E-state index is 8.40. The van der Waals surface area contributed by atoms with E-state index in [2.05, 4.69) is 35.7 Å². The molecule has 1 heterocycles. The molecule has 0 aromatic carbocycles. The van der Waals surface area contributed by atoms with Crippen LogP contribution in [0.3, 0.4) is 0 Å². The molecule has 1 rings (SSSR count). The number of hydrogen-bond acceptors (Lipinski definition) is 4. The summed E-state index contributed by atoms with van der Waals surface area (Å²) in [6.07, 6.45) is 2.83. The molecule has 2 atom stereocenters. The molecule has 16 heavy (non-hydrogen) atoms. The summed E-state index contributed by atoms with van der Waals surface area (Å²) in [6, 6.07) is 0. The average Bonchev–Trinajstić information content (AvgIpc) is 2.22. The first-order chi connectivity index (χ1) is 7.61. The Balaban J connectivity index is 2.12. The van der Waals surface area contributed by atoms with E-state index in [1.165, 1.54) is 13.1 Å². The zero-order valence-electron chi connectivity index (χ0n) is 10.2. The van der Waals surface area contributed by atoms with Crippen LogP contribution in [0.25, 0.3) is 0 Å². The molecule has 4 nitrogen and oxygen atoms in total. The lowest BCUT2D eigenvalue weighted by Gasteiger charge is -2.34. The van der Waals surface area contributed by atoms with Crippen LogP contribution < -0.4 is 5.73 Å². The normalized spacial score (nSPS) is 28.2. The summed E-state index contributed by atoms with van der Waals surface area (Å²) in [5, 5.41) is 12.9. The Hall–Kier alpha value is -0.420. The number of nitrogens with zero attached hydrogens (tertiary/aromatic N) is 2. The minimum Gasteiger partial charge on any atom is -0.409 e. The summed E-state index contributed by atoms with van der Waals surface area (Å²) >= 11 is 2.08. The van der Waals surface area contributed by atoms with Crippen LogP contribution in [0.5, 0.6) is 0 Å². The van der Waals surface area contributed by atoms with E-state index < -0.39 is 0 Å². The van der Waals surface area contributed by atoms with E-state index >= 15 is 0 Å². The van der Waals surface area contributed by atoms with Crippen LogP contribution in [0.4, 0.5) is 0 Å². The fraction of sp³-hybridized carbons (Fsp3) is 0.909. The van der Waals surface area contributed by atoms with E-state index in [1.807, 2.05) is 0 Å². The highest BCUT2D eigenvalue weighted by atomic mass is 32.2. The zero-order chi connectivity index (χ0) is 12.0. The first-order valence-electron chi connectivity index (χ1n) is 5.96. The molecule has 0 aromatic rings. The lowest BCUT2D eigenvalue weighted by molar-refractivity contribution is 0.266. The Morgan fingerprint density at radius 1 is 1.38 bits per heavy atom. The predicted octanol–water partition coefficient (Wildman–Crippen LogP) is 1.73. The molecule has 94 valence electrons. The number of hydrogen-bond donors (Lipinski definition) is 2. The van der Waals surface area contributed by atoms with Gasteiger partial charge in [-0.2, -0.15) is 11.8 Å². The van der Waals surface area contributed by atoms with Crippen molar-refractivity contribution in [1.29, 1.82) is 0 Å². The van der Waals surface area contributed by atoms with E-state index in [9.17, 15) is 0 Å². The molecule has 3 N–H and O–H groups in total. The van der Waals surface area contributed by atoms with Gasteiger partial charge in [-0.05, 0) is 19.4 Å². The van der Waals surface area contributed by atoms with Crippen LogP contribution in [-0.4, -0.2) is 46.1 Å². The van der Waals surface area contributed by atoms with E-state index in [0.29, 0.717) is 12.3 Å². The Kier molecular flexibility index (Phi) is 5.98. The molecule has 0 spiro atoms. The lowest BCUT2D eigenvalue weighted by Crippen LogP contribution is -2.40. The fourth-order valence-electron chi connectivity index (χ4n) is 2.16. The van der Waals surface area contributed by atoms with Crippen LogP contribution in [-0.2, 0) is 0 Å². The van der Waals surface area contributed by atoms with Crippen molar-refractivity contribution >= 4 is 17.6 Å². The van der Waals surface area contributed by atoms with Gasteiger partial charge >= 0.3 is 0 Å². The van der Waals surface area contributed by atoms with Crippen molar-refractivity contribution in [2.45, 2.75) is 43.6 Å². The Morgan fingerprint density at radius 2 is 2.00 bits per heavy atom. The van der Waals surface area contributed by atoms with E-state index in [1.54, 1.807) is 0 Å². The topological polar surface area (TPSA) is 61.8 Å². The van der Waals surface area contributed by atoms with Gasteiger partial charge in [0.2, 0.25) is 0 Å². The molecule has 0 aromatic heterocycles. The quantitative estimate of drug-likeness (QED) is 0.255. The van der Waals surface area contributed by atoms with Gasteiger partial charge in [0.25, 0.3) is 0 Å². The van der Waals surface area contributed by atoms with Crippen LogP contribution >= 0.6 is 11.8 Å². The maximum Gasteiger partial charge on any atom is 0.139 e.